The lowest BCUT2D eigenvalue weighted by atomic mass is 10.2. The number of benzene rings is 1. The average Bonchev–Trinajstić information content (AvgIpc) is 3.48. The fourth-order valence-electron chi connectivity index (χ4n) is 2.81. The van der Waals surface area contributed by atoms with Gasteiger partial charge in [0.15, 0.2) is 0 Å². The number of carbonyl (C=O) groups is 1. The summed E-state index contributed by atoms with van der Waals surface area (Å²) in [7, 11) is 0. The van der Waals surface area contributed by atoms with Crippen molar-refractivity contribution < 1.29 is 9.21 Å². The van der Waals surface area contributed by atoms with E-state index >= 15 is 0 Å². The zero-order valence-corrected chi connectivity index (χ0v) is 19.1. The van der Waals surface area contributed by atoms with Crippen LogP contribution in [0.4, 0.5) is 5.00 Å². The summed E-state index contributed by atoms with van der Waals surface area (Å²) in [4.78, 5) is 17.1. The van der Waals surface area contributed by atoms with E-state index in [1.807, 2.05) is 17.5 Å². The van der Waals surface area contributed by atoms with Crippen molar-refractivity contribution in [2.24, 2.45) is 0 Å². The summed E-state index contributed by atoms with van der Waals surface area (Å²) >= 11 is 15.1. The predicted octanol–water partition coefficient (Wildman–Crippen LogP) is 7.46. The van der Waals surface area contributed by atoms with E-state index in [2.05, 4.69) is 16.4 Å². The Hall–Kier alpha value is -2.89. The summed E-state index contributed by atoms with van der Waals surface area (Å²) in [6, 6.07) is 14.6. The van der Waals surface area contributed by atoms with Crippen molar-refractivity contribution in [1.82, 2.24) is 4.98 Å². The van der Waals surface area contributed by atoms with E-state index in [0.29, 0.717) is 48.4 Å². The molecule has 4 rings (SSSR count). The first-order valence-corrected chi connectivity index (χ1v) is 11.4. The molecule has 1 N–H and O–H groups in total. The lowest BCUT2D eigenvalue weighted by Crippen LogP contribution is -2.04. The zero-order valence-electron chi connectivity index (χ0n) is 16.0. The second kappa shape index (κ2) is 9.08. The smallest absolute Gasteiger partial charge is 0.221 e. The molecule has 0 saturated carbocycles. The summed E-state index contributed by atoms with van der Waals surface area (Å²) in [6.45, 7) is 1.43. The highest BCUT2D eigenvalue weighted by Crippen LogP contribution is 2.39. The van der Waals surface area contributed by atoms with Gasteiger partial charge in [-0.25, -0.2) is 4.98 Å². The van der Waals surface area contributed by atoms with E-state index in [4.69, 9.17) is 27.6 Å². The van der Waals surface area contributed by atoms with Gasteiger partial charge in [0.2, 0.25) is 5.91 Å². The molecule has 0 radical (unpaired) electrons. The molecule has 0 bridgehead atoms. The van der Waals surface area contributed by atoms with Gasteiger partial charge in [-0.3, -0.25) is 4.79 Å². The molecule has 5 nitrogen and oxygen atoms in total. The Labute approximate surface area is 196 Å². The third-order valence-electron chi connectivity index (χ3n) is 4.13. The van der Waals surface area contributed by atoms with Crippen LogP contribution in [0.1, 0.15) is 17.7 Å². The van der Waals surface area contributed by atoms with Crippen LogP contribution in [0.5, 0.6) is 0 Å². The fourth-order valence-corrected chi connectivity index (χ4v) is 4.97. The van der Waals surface area contributed by atoms with Crippen LogP contribution in [0.15, 0.2) is 52.3 Å². The van der Waals surface area contributed by atoms with Gasteiger partial charge < -0.3 is 9.73 Å². The molecule has 3 heterocycles. The fraction of sp³-hybridized carbons (Fsp3) is 0.0455. The number of nitrogens with one attached hydrogen (secondary N) is 1. The number of carbonyl (C=O) groups excluding carboxylic acids is 1. The normalized spacial score (nSPS) is 11.4. The first-order valence-electron chi connectivity index (χ1n) is 8.94. The molecule has 0 saturated heterocycles. The third-order valence-corrected chi connectivity index (χ3v) is 6.57. The van der Waals surface area contributed by atoms with Crippen molar-refractivity contribution in [3.63, 3.8) is 0 Å². The van der Waals surface area contributed by atoms with Crippen molar-refractivity contribution in [3.05, 3.63) is 68.7 Å². The number of nitrogens with zero attached hydrogens (tertiary/aromatic N) is 2. The molecule has 0 fully saturated rings. The van der Waals surface area contributed by atoms with Crippen molar-refractivity contribution in [1.29, 1.82) is 5.26 Å². The monoisotopic (exact) mass is 485 g/mol. The highest BCUT2D eigenvalue weighted by atomic mass is 35.5. The molecule has 154 valence electrons. The number of halogens is 2. The van der Waals surface area contributed by atoms with Crippen LogP contribution >= 0.6 is 45.9 Å². The van der Waals surface area contributed by atoms with Crippen molar-refractivity contribution in [2.75, 3.05) is 5.32 Å². The van der Waals surface area contributed by atoms with Gasteiger partial charge in [-0.15, -0.1) is 11.3 Å². The van der Waals surface area contributed by atoms with E-state index in [1.165, 1.54) is 29.6 Å². The second-order valence-electron chi connectivity index (χ2n) is 6.35. The van der Waals surface area contributed by atoms with Crippen LogP contribution in [0.25, 0.3) is 33.5 Å². The number of nitriles is 1. The summed E-state index contributed by atoms with van der Waals surface area (Å²) in [6.07, 6.45) is 1.61. The number of hydrogen-bond acceptors (Lipinski definition) is 6. The maximum Gasteiger partial charge on any atom is 0.221 e. The van der Waals surface area contributed by atoms with Crippen LogP contribution in [-0.2, 0) is 4.79 Å². The van der Waals surface area contributed by atoms with E-state index in [9.17, 15) is 10.1 Å². The van der Waals surface area contributed by atoms with Gasteiger partial charge in [-0.1, -0.05) is 40.6 Å². The van der Waals surface area contributed by atoms with E-state index in [1.54, 1.807) is 36.4 Å². The minimum atomic E-state index is -0.204. The summed E-state index contributed by atoms with van der Waals surface area (Å²) in [5.41, 5.74) is 1.61. The summed E-state index contributed by atoms with van der Waals surface area (Å²) in [5, 5.41) is 16.6. The minimum absolute atomic E-state index is 0.204. The number of aromatic nitrogens is 1. The van der Waals surface area contributed by atoms with Gasteiger partial charge >= 0.3 is 0 Å². The van der Waals surface area contributed by atoms with Crippen molar-refractivity contribution in [3.8, 4) is 28.0 Å². The Morgan fingerprint density at radius 3 is 2.81 bits per heavy atom. The molecule has 3 aromatic heterocycles. The summed E-state index contributed by atoms with van der Waals surface area (Å²) in [5.74, 6) is 0.800. The van der Waals surface area contributed by atoms with E-state index in [0.717, 1.165) is 4.88 Å². The van der Waals surface area contributed by atoms with Crippen LogP contribution in [0.2, 0.25) is 10.0 Å². The van der Waals surface area contributed by atoms with Crippen molar-refractivity contribution in [2.45, 2.75) is 6.92 Å². The van der Waals surface area contributed by atoms with Gasteiger partial charge in [-0.05, 0) is 41.8 Å². The lowest BCUT2D eigenvalue weighted by molar-refractivity contribution is -0.114. The van der Waals surface area contributed by atoms with Crippen LogP contribution in [-0.4, -0.2) is 10.9 Å². The SMILES string of the molecule is CC(=O)Nc1sc(/C(C#N)=C/c2ccc(-c3cc(Cl)ccc3Cl)o2)nc1-c1cccs1. The van der Waals surface area contributed by atoms with Crippen LogP contribution < -0.4 is 5.32 Å². The Morgan fingerprint density at radius 2 is 2.10 bits per heavy atom. The maximum atomic E-state index is 11.6. The second-order valence-corrected chi connectivity index (χ2v) is 9.14. The average molecular weight is 486 g/mol. The van der Waals surface area contributed by atoms with Gasteiger partial charge in [-0.2, -0.15) is 5.26 Å². The standard InChI is InChI=1S/C22H13Cl2N3O2S2/c1-12(28)26-22-20(19-3-2-8-30-19)27-21(31-22)13(11-25)9-15-5-7-18(29-15)16-10-14(23)4-6-17(16)24/h2-10H,1H3,(H,26,28)/b13-9+. The van der Waals surface area contributed by atoms with Gasteiger partial charge in [0.25, 0.3) is 0 Å². The van der Waals surface area contributed by atoms with Crippen LogP contribution in [0.3, 0.4) is 0 Å². The molecule has 1 aromatic carbocycles. The minimum Gasteiger partial charge on any atom is -0.457 e. The number of allylic oxidation sites excluding steroid dienone is 1. The van der Waals surface area contributed by atoms with Crippen molar-refractivity contribution >= 4 is 68.4 Å². The lowest BCUT2D eigenvalue weighted by Gasteiger charge is -2.01. The van der Waals surface area contributed by atoms with Gasteiger partial charge in [0.05, 0.1) is 15.5 Å². The molecule has 9 heteroatoms. The number of furan rings is 1. The predicted molar refractivity (Wildman–Crippen MR) is 127 cm³/mol. The molecule has 31 heavy (non-hydrogen) atoms. The highest BCUT2D eigenvalue weighted by Gasteiger charge is 2.18. The molecule has 0 aliphatic heterocycles. The molecule has 0 atom stereocenters. The number of thiophene rings is 1. The largest absolute Gasteiger partial charge is 0.457 e. The molecular formula is C22H13Cl2N3O2S2. The summed E-state index contributed by atoms with van der Waals surface area (Å²) < 4.78 is 5.87. The number of rotatable bonds is 5. The quantitative estimate of drug-likeness (QED) is 0.297. The first kappa shape index (κ1) is 21.3. The Bertz CT molecular complexity index is 1330. The van der Waals surface area contributed by atoms with E-state index < -0.39 is 0 Å². The molecule has 1 amide bonds. The molecule has 0 aliphatic carbocycles. The van der Waals surface area contributed by atoms with Gasteiger partial charge in [0, 0.05) is 23.6 Å². The Balaban J connectivity index is 1.71. The number of thiazole rings is 1. The van der Waals surface area contributed by atoms with E-state index in [-0.39, 0.29) is 5.91 Å². The van der Waals surface area contributed by atoms with Gasteiger partial charge in [0.1, 0.15) is 33.3 Å². The number of hydrogen-bond donors (Lipinski definition) is 1. The zero-order chi connectivity index (χ0) is 22.0. The molecule has 0 spiro atoms. The number of anilines is 1. The topological polar surface area (TPSA) is 78.9 Å². The Morgan fingerprint density at radius 1 is 1.26 bits per heavy atom. The van der Waals surface area contributed by atoms with Crippen LogP contribution in [0, 0.1) is 11.3 Å². The first-order chi connectivity index (χ1) is 14.9. The highest BCUT2D eigenvalue weighted by molar-refractivity contribution is 7.18. The maximum absolute atomic E-state index is 11.6. The molecular weight excluding hydrogens is 473 g/mol. The Kier molecular flexibility index (Phi) is 6.25. The molecule has 0 unspecified atom stereocenters. The third kappa shape index (κ3) is 4.73. The molecule has 0 aliphatic rings. The molecule has 4 aromatic rings. The number of amides is 1.